The summed E-state index contributed by atoms with van der Waals surface area (Å²) in [5.41, 5.74) is -0.659. The molecular formula is C32H25F3N4O5. The molecule has 0 saturated carbocycles. The van der Waals surface area contributed by atoms with Gasteiger partial charge in [0.05, 0.1) is 23.2 Å². The maximum absolute atomic E-state index is 14.1. The van der Waals surface area contributed by atoms with Gasteiger partial charge in [0.25, 0.3) is 11.5 Å². The van der Waals surface area contributed by atoms with Crippen LogP contribution in [-0.2, 0) is 23.9 Å². The lowest BCUT2D eigenvalue weighted by Crippen LogP contribution is -2.28. The van der Waals surface area contributed by atoms with E-state index < -0.39 is 40.6 Å². The van der Waals surface area contributed by atoms with Crippen molar-refractivity contribution in [2.45, 2.75) is 25.6 Å². The zero-order valence-electron chi connectivity index (χ0n) is 23.0. The van der Waals surface area contributed by atoms with E-state index in [0.717, 1.165) is 17.7 Å². The first-order valence-corrected chi connectivity index (χ1v) is 13.5. The van der Waals surface area contributed by atoms with Crippen molar-refractivity contribution in [2.75, 3.05) is 6.54 Å². The highest BCUT2D eigenvalue weighted by Gasteiger charge is 2.31. The third-order valence-electron chi connectivity index (χ3n) is 6.96. The molecule has 0 saturated heterocycles. The quantitative estimate of drug-likeness (QED) is 0.209. The lowest BCUT2D eigenvalue weighted by molar-refractivity contribution is -0.138. The van der Waals surface area contributed by atoms with Crippen LogP contribution >= 0.6 is 0 Å². The van der Waals surface area contributed by atoms with Gasteiger partial charge in [-0.05, 0) is 47.9 Å². The SMILES string of the molecule is O=C(O)CCNC(=O)c1nc(-c2cccnc2)c2c(cc(-c3cccc(C(F)(F)F)c3)c(=O)n2CCc2ccccc2)c1O. The Morgan fingerprint density at radius 3 is 2.39 bits per heavy atom. The number of nitrogens with zero attached hydrogens (tertiary/aromatic N) is 3. The van der Waals surface area contributed by atoms with Crippen LogP contribution < -0.4 is 10.9 Å². The average Bonchev–Trinajstić information content (AvgIpc) is 3.01. The Morgan fingerprint density at radius 1 is 0.955 bits per heavy atom. The smallest absolute Gasteiger partial charge is 0.416 e. The van der Waals surface area contributed by atoms with Gasteiger partial charge >= 0.3 is 12.1 Å². The first-order chi connectivity index (χ1) is 21.0. The number of carbonyl (C=O) groups excluding carboxylic acids is 1. The molecule has 0 radical (unpaired) electrons. The molecule has 0 spiro atoms. The van der Waals surface area contributed by atoms with Crippen LogP contribution in [-0.4, -0.2) is 43.2 Å². The van der Waals surface area contributed by atoms with Crippen molar-refractivity contribution >= 4 is 22.8 Å². The number of nitrogens with one attached hydrogen (secondary N) is 1. The maximum Gasteiger partial charge on any atom is 0.416 e. The van der Waals surface area contributed by atoms with Crippen LogP contribution in [0.5, 0.6) is 5.75 Å². The minimum atomic E-state index is -4.67. The average molecular weight is 603 g/mol. The summed E-state index contributed by atoms with van der Waals surface area (Å²) in [5.74, 6) is -2.65. The number of rotatable bonds is 9. The first-order valence-electron chi connectivity index (χ1n) is 13.5. The van der Waals surface area contributed by atoms with Crippen molar-refractivity contribution in [1.29, 1.82) is 0 Å². The fourth-order valence-corrected chi connectivity index (χ4v) is 4.85. The minimum Gasteiger partial charge on any atom is -0.505 e. The van der Waals surface area contributed by atoms with Gasteiger partial charge in [0, 0.05) is 42.0 Å². The summed E-state index contributed by atoms with van der Waals surface area (Å²) in [4.78, 5) is 46.7. The molecular weight excluding hydrogens is 577 g/mol. The minimum absolute atomic E-state index is 0.0117. The van der Waals surface area contributed by atoms with Crippen LogP contribution in [0.4, 0.5) is 13.2 Å². The molecule has 0 atom stereocenters. The number of carboxylic acid groups (broad SMARTS) is 1. The van der Waals surface area contributed by atoms with E-state index >= 15 is 0 Å². The third-order valence-corrected chi connectivity index (χ3v) is 6.96. The molecule has 3 aromatic heterocycles. The highest BCUT2D eigenvalue weighted by Crippen LogP contribution is 2.37. The maximum atomic E-state index is 14.1. The molecule has 0 aliphatic heterocycles. The van der Waals surface area contributed by atoms with Gasteiger partial charge in [-0.15, -0.1) is 0 Å². The molecule has 0 aliphatic rings. The van der Waals surface area contributed by atoms with E-state index in [9.17, 15) is 32.7 Å². The van der Waals surface area contributed by atoms with E-state index in [1.54, 1.807) is 12.1 Å². The number of alkyl halides is 3. The van der Waals surface area contributed by atoms with Crippen molar-refractivity contribution < 1.29 is 33.0 Å². The largest absolute Gasteiger partial charge is 0.505 e. The number of pyridine rings is 3. The second-order valence-corrected chi connectivity index (χ2v) is 9.89. The Balaban J connectivity index is 1.80. The zero-order chi connectivity index (χ0) is 31.4. The summed E-state index contributed by atoms with van der Waals surface area (Å²) in [7, 11) is 0. The van der Waals surface area contributed by atoms with Crippen molar-refractivity contribution in [3.8, 4) is 28.1 Å². The van der Waals surface area contributed by atoms with E-state index in [0.29, 0.717) is 12.0 Å². The Hall–Kier alpha value is -5.52. The molecule has 12 heteroatoms. The second kappa shape index (κ2) is 12.4. The van der Waals surface area contributed by atoms with Crippen molar-refractivity contribution in [3.05, 3.63) is 112 Å². The molecule has 44 heavy (non-hydrogen) atoms. The Kier molecular flexibility index (Phi) is 8.43. The number of carbonyl (C=O) groups is 2. The summed E-state index contributed by atoms with van der Waals surface area (Å²) in [5, 5.41) is 22.8. The molecule has 5 rings (SSSR count). The fraction of sp³-hybridized carbons (Fsp3) is 0.156. The topological polar surface area (TPSA) is 134 Å². The van der Waals surface area contributed by atoms with Crippen LogP contribution in [0.25, 0.3) is 33.3 Å². The molecule has 0 fully saturated rings. The van der Waals surface area contributed by atoms with Gasteiger partial charge in [-0.1, -0.05) is 42.5 Å². The zero-order valence-corrected chi connectivity index (χ0v) is 23.0. The summed E-state index contributed by atoms with van der Waals surface area (Å²) in [6.45, 7) is -0.188. The molecule has 1 amide bonds. The van der Waals surface area contributed by atoms with Gasteiger partial charge in [0.15, 0.2) is 11.4 Å². The molecule has 0 unspecified atom stereocenters. The van der Waals surface area contributed by atoms with Crippen molar-refractivity contribution in [1.82, 2.24) is 19.9 Å². The van der Waals surface area contributed by atoms with Crippen LogP contribution in [0.3, 0.4) is 0 Å². The monoisotopic (exact) mass is 602 g/mol. The molecule has 3 N–H and O–H groups in total. The van der Waals surface area contributed by atoms with Gasteiger partial charge in [-0.2, -0.15) is 13.2 Å². The molecule has 9 nitrogen and oxygen atoms in total. The van der Waals surface area contributed by atoms with Crippen molar-refractivity contribution in [2.24, 2.45) is 0 Å². The number of amides is 1. The number of aromatic hydroxyl groups is 1. The van der Waals surface area contributed by atoms with Crippen LogP contribution in [0.1, 0.15) is 28.0 Å². The molecule has 0 bridgehead atoms. The lowest BCUT2D eigenvalue weighted by Gasteiger charge is -2.19. The molecule has 3 heterocycles. The fourth-order valence-electron chi connectivity index (χ4n) is 4.85. The molecule has 0 aliphatic carbocycles. The van der Waals surface area contributed by atoms with Gasteiger partial charge in [0.1, 0.15) is 0 Å². The Morgan fingerprint density at radius 2 is 1.70 bits per heavy atom. The highest BCUT2D eigenvalue weighted by molar-refractivity contribution is 6.06. The van der Waals surface area contributed by atoms with Gasteiger partial charge in [-0.3, -0.25) is 19.4 Å². The van der Waals surface area contributed by atoms with Crippen LogP contribution in [0, 0.1) is 0 Å². The van der Waals surface area contributed by atoms with Gasteiger partial charge in [-0.25, -0.2) is 4.98 Å². The molecule has 2 aromatic carbocycles. The van der Waals surface area contributed by atoms with E-state index in [1.165, 1.54) is 35.2 Å². The number of halogens is 3. The van der Waals surface area contributed by atoms with Gasteiger partial charge < -0.3 is 20.1 Å². The highest BCUT2D eigenvalue weighted by atomic mass is 19.4. The second-order valence-electron chi connectivity index (χ2n) is 9.89. The Labute approximate surface area is 248 Å². The van der Waals surface area contributed by atoms with Crippen LogP contribution in [0.2, 0.25) is 0 Å². The normalized spacial score (nSPS) is 11.4. The number of hydrogen-bond donors (Lipinski definition) is 3. The van der Waals surface area contributed by atoms with E-state index in [1.807, 2.05) is 30.3 Å². The number of aromatic nitrogens is 3. The standard InChI is InChI=1S/C32H25F3N4O5/c33-32(34,35)22-10-4-8-20(16-22)23-17-24-28(39(31(23)44)15-12-19-6-2-1-3-7-19)26(21-9-5-13-36-18-21)38-27(29(24)42)30(43)37-14-11-25(40)41/h1-10,13,16-18,42H,11-12,14-15H2,(H,37,43)(H,40,41). The van der Waals surface area contributed by atoms with E-state index in [-0.39, 0.29) is 47.2 Å². The Bertz CT molecular complexity index is 1910. The number of hydrogen-bond acceptors (Lipinski definition) is 6. The predicted octanol–water partition coefficient (Wildman–Crippen LogP) is 5.30. The summed E-state index contributed by atoms with van der Waals surface area (Å²) >= 11 is 0. The molecule has 224 valence electrons. The summed E-state index contributed by atoms with van der Waals surface area (Å²) in [6.07, 6.45) is -1.72. The predicted molar refractivity (Wildman–Crippen MR) is 156 cm³/mol. The third kappa shape index (κ3) is 6.28. The van der Waals surface area contributed by atoms with E-state index in [2.05, 4.69) is 15.3 Å². The number of carboxylic acids is 1. The van der Waals surface area contributed by atoms with Crippen LogP contribution in [0.15, 0.2) is 90.0 Å². The lowest BCUT2D eigenvalue weighted by atomic mass is 9.99. The van der Waals surface area contributed by atoms with Gasteiger partial charge in [0.2, 0.25) is 0 Å². The number of benzene rings is 2. The first kappa shape index (κ1) is 30.0. The molecule has 5 aromatic rings. The number of aliphatic carboxylic acids is 1. The van der Waals surface area contributed by atoms with E-state index in [4.69, 9.17) is 5.11 Å². The summed E-state index contributed by atoms with van der Waals surface area (Å²) in [6, 6.07) is 18.0. The number of aryl methyl sites for hydroxylation is 2. The number of fused-ring (bicyclic) bond motifs is 1. The van der Waals surface area contributed by atoms with Crippen molar-refractivity contribution in [3.63, 3.8) is 0 Å². The summed E-state index contributed by atoms with van der Waals surface area (Å²) < 4.78 is 42.1.